The number of amides is 1. The molecule has 0 saturated carbocycles. The Morgan fingerprint density at radius 2 is 2.14 bits per heavy atom. The molecule has 0 N–H and O–H groups in total. The summed E-state index contributed by atoms with van der Waals surface area (Å²) in [6.07, 6.45) is 3.70. The van der Waals surface area contributed by atoms with Gasteiger partial charge in [-0.15, -0.1) is 0 Å². The van der Waals surface area contributed by atoms with E-state index >= 15 is 0 Å². The molecule has 1 aliphatic rings. The molecular weight excluding hydrogens is 278 g/mol. The molecule has 1 aromatic carbocycles. The first kappa shape index (κ1) is 16.3. The average Bonchev–Trinajstić information content (AvgIpc) is 2.99. The number of imidazole rings is 1. The number of benzene rings is 1. The third kappa shape index (κ3) is 3.24. The van der Waals surface area contributed by atoms with E-state index in [-0.39, 0.29) is 12.1 Å². The van der Waals surface area contributed by atoms with Crippen molar-refractivity contribution in [2.24, 2.45) is 0 Å². The fourth-order valence-corrected chi connectivity index (χ4v) is 2.90. The van der Waals surface area contributed by atoms with Crippen LogP contribution in [0.5, 0.6) is 0 Å². The standard InChI is InChI=1S/C15H19N3O2.C2H6/c1-11-5-6-13-14(8-11)18(10-16-13)12-4-3-7-17(9-12)15(19)20-2;1-2/h5-6,8,10,12H,3-4,7,9H2,1-2H3;1-2H3. The molecule has 0 radical (unpaired) electrons. The van der Waals surface area contributed by atoms with Crippen molar-refractivity contribution in [3.8, 4) is 0 Å². The number of carbonyl (C=O) groups excluding carboxylic acids is 1. The van der Waals surface area contributed by atoms with Crippen LogP contribution in [0, 0.1) is 6.92 Å². The summed E-state index contributed by atoms with van der Waals surface area (Å²) in [4.78, 5) is 17.9. The minimum absolute atomic E-state index is 0.240. The molecule has 5 heteroatoms. The van der Waals surface area contributed by atoms with E-state index in [2.05, 4.69) is 28.6 Å². The third-order valence-corrected chi connectivity index (χ3v) is 3.95. The number of hydrogen-bond acceptors (Lipinski definition) is 3. The van der Waals surface area contributed by atoms with Crippen molar-refractivity contribution < 1.29 is 9.53 Å². The molecule has 120 valence electrons. The Morgan fingerprint density at radius 3 is 2.86 bits per heavy atom. The molecule has 0 aliphatic carbocycles. The summed E-state index contributed by atoms with van der Waals surface area (Å²) in [6, 6.07) is 6.54. The van der Waals surface area contributed by atoms with E-state index < -0.39 is 0 Å². The van der Waals surface area contributed by atoms with Crippen molar-refractivity contribution >= 4 is 17.1 Å². The molecule has 0 bridgehead atoms. The van der Waals surface area contributed by atoms with Gasteiger partial charge in [0.25, 0.3) is 0 Å². The zero-order valence-corrected chi connectivity index (χ0v) is 13.9. The van der Waals surface area contributed by atoms with Crippen LogP contribution in [0.3, 0.4) is 0 Å². The molecule has 1 unspecified atom stereocenters. The van der Waals surface area contributed by atoms with Crippen molar-refractivity contribution in [1.29, 1.82) is 0 Å². The quantitative estimate of drug-likeness (QED) is 0.805. The van der Waals surface area contributed by atoms with Crippen LogP contribution in [-0.2, 0) is 4.74 Å². The average molecular weight is 303 g/mol. The summed E-state index contributed by atoms with van der Waals surface area (Å²) in [5, 5.41) is 0. The Balaban J connectivity index is 0.000000847. The molecule has 5 nitrogen and oxygen atoms in total. The molecule has 2 aromatic rings. The summed E-state index contributed by atoms with van der Waals surface area (Å²) in [6.45, 7) is 7.54. The maximum Gasteiger partial charge on any atom is 0.409 e. The van der Waals surface area contributed by atoms with E-state index in [1.807, 2.05) is 26.2 Å². The van der Waals surface area contributed by atoms with Gasteiger partial charge in [-0.3, -0.25) is 0 Å². The number of piperidine rings is 1. The van der Waals surface area contributed by atoms with Gasteiger partial charge in [0.2, 0.25) is 0 Å². The minimum Gasteiger partial charge on any atom is -0.453 e. The second-order valence-corrected chi connectivity index (χ2v) is 5.36. The number of hydrogen-bond donors (Lipinski definition) is 0. The lowest BCUT2D eigenvalue weighted by molar-refractivity contribution is 0.104. The number of rotatable bonds is 1. The van der Waals surface area contributed by atoms with Crippen LogP contribution in [0.15, 0.2) is 24.5 Å². The lowest BCUT2D eigenvalue weighted by atomic mass is 10.1. The Kier molecular flexibility index (Phi) is 5.41. The molecule has 1 atom stereocenters. The molecule has 1 aromatic heterocycles. The van der Waals surface area contributed by atoms with Gasteiger partial charge in [0, 0.05) is 13.1 Å². The van der Waals surface area contributed by atoms with E-state index in [1.54, 1.807) is 4.90 Å². The number of carbonyl (C=O) groups is 1. The molecule has 2 heterocycles. The SMILES string of the molecule is CC.COC(=O)N1CCCC(n2cnc3ccc(C)cc32)C1. The highest BCUT2D eigenvalue weighted by Gasteiger charge is 2.26. The highest BCUT2D eigenvalue weighted by atomic mass is 16.5. The fraction of sp³-hybridized carbons (Fsp3) is 0.529. The summed E-state index contributed by atoms with van der Waals surface area (Å²) < 4.78 is 7.02. The van der Waals surface area contributed by atoms with Gasteiger partial charge in [-0.1, -0.05) is 19.9 Å². The summed E-state index contributed by atoms with van der Waals surface area (Å²) in [7, 11) is 1.43. The van der Waals surface area contributed by atoms with Gasteiger partial charge < -0.3 is 14.2 Å². The van der Waals surface area contributed by atoms with Gasteiger partial charge in [0.15, 0.2) is 0 Å². The maximum atomic E-state index is 11.7. The Hall–Kier alpha value is -2.04. The number of methoxy groups -OCH3 is 1. The second-order valence-electron chi connectivity index (χ2n) is 5.36. The number of aryl methyl sites for hydroxylation is 1. The van der Waals surface area contributed by atoms with Crippen LogP contribution < -0.4 is 0 Å². The smallest absolute Gasteiger partial charge is 0.409 e. The largest absolute Gasteiger partial charge is 0.453 e. The highest BCUT2D eigenvalue weighted by molar-refractivity contribution is 5.76. The topological polar surface area (TPSA) is 47.4 Å². The van der Waals surface area contributed by atoms with Crippen molar-refractivity contribution in [3.63, 3.8) is 0 Å². The van der Waals surface area contributed by atoms with Crippen LogP contribution in [0.2, 0.25) is 0 Å². The predicted molar refractivity (Wildman–Crippen MR) is 88.1 cm³/mol. The summed E-state index contributed by atoms with van der Waals surface area (Å²) in [5.41, 5.74) is 3.37. The van der Waals surface area contributed by atoms with E-state index in [0.29, 0.717) is 6.54 Å². The van der Waals surface area contributed by atoms with Gasteiger partial charge in [-0.05, 0) is 37.5 Å². The first-order chi connectivity index (χ1) is 10.7. The molecule has 1 fully saturated rings. The lowest BCUT2D eigenvalue weighted by Gasteiger charge is -2.32. The van der Waals surface area contributed by atoms with Gasteiger partial charge in [0.1, 0.15) is 0 Å². The first-order valence-electron chi connectivity index (χ1n) is 7.95. The van der Waals surface area contributed by atoms with Crippen LogP contribution in [-0.4, -0.2) is 40.7 Å². The van der Waals surface area contributed by atoms with E-state index in [9.17, 15) is 4.79 Å². The number of fused-ring (bicyclic) bond motifs is 1. The molecule has 1 aliphatic heterocycles. The van der Waals surface area contributed by atoms with Crippen LogP contribution in [0.25, 0.3) is 11.0 Å². The number of likely N-dealkylation sites (tertiary alicyclic amines) is 1. The predicted octanol–water partition coefficient (Wildman–Crippen LogP) is 3.77. The molecule has 1 amide bonds. The van der Waals surface area contributed by atoms with Crippen LogP contribution in [0.1, 0.15) is 38.3 Å². The zero-order valence-electron chi connectivity index (χ0n) is 13.9. The van der Waals surface area contributed by atoms with Crippen molar-refractivity contribution in [1.82, 2.24) is 14.5 Å². The van der Waals surface area contributed by atoms with Crippen LogP contribution in [0.4, 0.5) is 4.79 Å². The fourth-order valence-electron chi connectivity index (χ4n) is 2.90. The normalized spacial score (nSPS) is 17.8. The van der Waals surface area contributed by atoms with E-state index in [4.69, 9.17) is 4.74 Å². The molecular formula is C17H25N3O2. The van der Waals surface area contributed by atoms with Gasteiger partial charge >= 0.3 is 6.09 Å². The van der Waals surface area contributed by atoms with Crippen LogP contribution >= 0.6 is 0 Å². The van der Waals surface area contributed by atoms with Crippen molar-refractivity contribution in [3.05, 3.63) is 30.1 Å². The monoisotopic (exact) mass is 303 g/mol. The second kappa shape index (κ2) is 7.29. The van der Waals surface area contributed by atoms with Crippen molar-refractivity contribution in [2.45, 2.75) is 39.7 Å². The Bertz CT molecular complexity index is 636. The number of ether oxygens (including phenoxy) is 1. The number of nitrogens with zero attached hydrogens (tertiary/aromatic N) is 3. The van der Waals surface area contributed by atoms with Crippen molar-refractivity contribution in [2.75, 3.05) is 20.2 Å². The first-order valence-corrected chi connectivity index (χ1v) is 7.95. The Morgan fingerprint density at radius 1 is 1.36 bits per heavy atom. The molecule has 22 heavy (non-hydrogen) atoms. The summed E-state index contributed by atoms with van der Waals surface area (Å²) >= 11 is 0. The van der Waals surface area contributed by atoms with Gasteiger partial charge in [-0.2, -0.15) is 0 Å². The summed E-state index contributed by atoms with van der Waals surface area (Å²) in [5.74, 6) is 0. The molecule has 0 spiro atoms. The lowest BCUT2D eigenvalue weighted by Crippen LogP contribution is -2.40. The van der Waals surface area contributed by atoms with Gasteiger partial charge in [0.05, 0.1) is 30.5 Å². The van der Waals surface area contributed by atoms with Gasteiger partial charge in [-0.25, -0.2) is 9.78 Å². The molecule has 3 rings (SSSR count). The highest BCUT2D eigenvalue weighted by Crippen LogP contribution is 2.26. The molecule has 1 saturated heterocycles. The Labute approximate surface area is 131 Å². The maximum absolute atomic E-state index is 11.7. The minimum atomic E-state index is -0.240. The zero-order chi connectivity index (χ0) is 16.1. The third-order valence-electron chi connectivity index (χ3n) is 3.95. The number of aromatic nitrogens is 2. The van der Waals surface area contributed by atoms with E-state index in [0.717, 1.165) is 30.4 Å². The van der Waals surface area contributed by atoms with E-state index in [1.165, 1.54) is 12.7 Å².